The number of aliphatic hydroxyl groups excluding tert-OH is 2. The molecule has 3 heterocycles. The first-order valence-corrected chi connectivity index (χ1v) is 7.96. The molecule has 0 aromatic heterocycles. The van der Waals surface area contributed by atoms with Crippen molar-refractivity contribution in [3.05, 3.63) is 30.3 Å². The molecule has 3 fully saturated rings. The van der Waals surface area contributed by atoms with Crippen LogP contribution in [-0.4, -0.2) is 62.0 Å². The Kier molecular flexibility index (Phi) is 5.90. The fraction of sp³-hybridized carbons (Fsp3) is 0.647. The Morgan fingerprint density at radius 2 is 1.86 bits per heavy atom. The van der Waals surface area contributed by atoms with Crippen LogP contribution in [0.3, 0.4) is 0 Å². The molecule has 0 saturated carbocycles. The molecular weight excluding hydrogens is 277 g/mol. The van der Waals surface area contributed by atoms with E-state index in [1.807, 2.05) is 30.3 Å². The van der Waals surface area contributed by atoms with Gasteiger partial charge in [0, 0.05) is 12.0 Å². The van der Waals surface area contributed by atoms with Crippen molar-refractivity contribution >= 4 is 8.41 Å². The molecule has 4 rings (SSSR count). The van der Waals surface area contributed by atoms with Crippen molar-refractivity contribution in [2.45, 2.75) is 37.8 Å². The molecule has 122 valence electrons. The Morgan fingerprint density at radius 1 is 1.18 bits per heavy atom. The summed E-state index contributed by atoms with van der Waals surface area (Å²) in [4.78, 5) is 2.36. The fourth-order valence-corrected chi connectivity index (χ4v) is 3.93. The second kappa shape index (κ2) is 7.49. The quantitative estimate of drug-likeness (QED) is 0.751. The van der Waals surface area contributed by atoms with Crippen LogP contribution in [0.15, 0.2) is 30.3 Å². The zero-order chi connectivity index (χ0) is 14.7. The molecule has 2 bridgehead atoms. The number of aliphatic hydroxyl groups is 2. The highest BCUT2D eigenvalue weighted by Gasteiger charge is 2.51. The Bertz CT molecular complexity index is 448. The average molecular weight is 305 g/mol. The summed E-state index contributed by atoms with van der Waals surface area (Å²) in [6.45, 7) is 2.81. The van der Waals surface area contributed by atoms with Crippen LogP contribution >= 0.6 is 0 Å². The van der Waals surface area contributed by atoms with Gasteiger partial charge in [-0.05, 0) is 50.9 Å². The predicted molar refractivity (Wildman–Crippen MR) is 91.2 cm³/mol. The molecular formula is C17H28BNO3. The van der Waals surface area contributed by atoms with E-state index in [1.54, 1.807) is 0 Å². The average Bonchev–Trinajstić information content (AvgIpc) is 2.54. The van der Waals surface area contributed by atoms with Crippen molar-refractivity contribution in [3.8, 4) is 5.75 Å². The summed E-state index contributed by atoms with van der Waals surface area (Å²) in [6.07, 6.45) is 3.42. The van der Waals surface area contributed by atoms with E-state index in [4.69, 9.17) is 9.84 Å². The van der Waals surface area contributed by atoms with Crippen molar-refractivity contribution in [2.75, 3.05) is 26.3 Å². The smallest absolute Gasteiger partial charge is 0.119 e. The monoisotopic (exact) mass is 305 g/mol. The summed E-state index contributed by atoms with van der Waals surface area (Å²) in [7, 11) is 0. The standard InChI is InChI=1S/C17H25NO3.BH3/c19-12-4-7-17-8-10-18(11-9-17)15(16(17)20)13-21-14-5-2-1-3-6-14;/h1-3,5-6,15-16,19-20H,4,7-13H2;1H3. The summed E-state index contributed by atoms with van der Waals surface area (Å²) < 4.78 is 5.87. The molecule has 2 atom stereocenters. The first-order valence-electron chi connectivity index (χ1n) is 7.96. The molecule has 3 saturated heterocycles. The number of hydrogen-bond donors (Lipinski definition) is 2. The highest BCUT2D eigenvalue weighted by molar-refractivity contribution is 5.75. The second-order valence-electron chi connectivity index (χ2n) is 6.36. The first kappa shape index (κ1) is 17.3. The van der Waals surface area contributed by atoms with Gasteiger partial charge in [0.05, 0.1) is 20.6 Å². The highest BCUT2D eigenvalue weighted by atomic mass is 16.5. The number of rotatable bonds is 6. The van der Waals surface area contributed by atoms with Crippen molar-refractivity contribution in [1.29, 1.82) is 0 Å². The number of para-hydroxylation sites is 1. The van der Waals surface area contributed by atoms with E-state index in [1.165, 1.54) is 0 Å². The van der Waals surface area contributed by atoms with Gasteiger partial charge < -0.3 is 14.9 Å². The van der Waals surface area contributed by atoms with Crippen molar-refractivity contribution in [1.82, 2.24) is 4.90 Å². The van der Waals surface area contributed by atoms with E-state index in [0.717, 1.165) is 44.5 Å². The molecule has 1 aromatic rings. The normalized spacial score (nSPS) is 33.3. The molecule has 0 spiro atoms. The summed E-state index contributed by atoms with van der Waals surface area (Å²) in [5, 5.41) is 19.9. The van der Waals surface area contributed by atoms with Crippen LogP contribution in [0.25, 0.3) is 0 Å². The van der Waals surface area contributed by atoms with Gasteiger partial charge in [-0.2, -0.15) is 0 Å². The van der Waals surface area contributed by atoms with E-state index in [2.05, 4.69) is 4.90 Å². The zero-order valence-electron chi connectivity index (χ0n) is 12.4. The predicted octanol–water partition coefficient (Wildman–Crippen LogP) is 0.479. The van der Waals surface area contributed by atoms with Gasteiger partial charge in [0.25, 0.3) is 0 Å². The lowest BCUT2D eigenvalue weighted by molar-refractivity contribution is -0.146. The summed E-state index contributed by atoms with van der Waals surface area (Å²) >= 11 is 0. The van der Waals surface area contributed by atoms with E-state index in [9.17, 15) is 5.11 Å². The third kappa shape index (κ3) is 3.32. The summed E-state index contributed by atoms with van der Waals surface area (Å²) in [5.41, 5.74) is -0.0117. The minimum Gasteiger partial charge on any atom is -0.492 e. The Labute approximate surface area is 134 Å². The third-order valence-corrected chi connectivity index (χ3v) is 5.25. The maximum atomic E-state index is 10.8. The van der Waals surface area contributed by atoms with Gasteiger partial charge in [0.2, 0.25) is 0 Å². The van der Waals surface area contributed by atoms with Crippen LogP contribution in [0.4, 0.5) is 0 Å². The molecule has 0 amide bonds. The number of ether oxygens (including phenoxy) is 1. The molecule has 3 aliphatic heterocycles. The number of benzene rings is 1. The van der Waals surface area contributed by atoms with Gasteiger partial charge in [0.15, 0.2) is 0 Å². The van der Waals surface area contributed by atoms with Gasteiger partial charge in [-0.25, -0.2) is 0 Å². The van der Waals surface area contributed by atoms with Crippen molar-refractivity contribution in [2.24, 2.45) is 5.41 Å². The van der Waals surface area contributed by atoms with E-state index >= 15 is 0 Å². The molecule has 5 heteroatoms. The maximum absolute atomic E-state index is 10.8. The number of hydrogen-bond acceptors (Lipinski definition) is 4. The maximum Gasteiger partial charge on any atom is 0.119 e. The van der Waals surface area contributed by atoms with E-state index in [0.29, 0.717) is 6.61 Å². The molecule has 2 unspecified atom stereocenters. The fourth-order valence-electron chi connectivity index (χ4n) is 3.93. The Morgan fingerprint density at radius 3 is 2.50 bits per heavy atom. The van der Waals surface area contributed by atoms with Gasteiger partial charge in [0.1, 0.15) is 12.4 Å². The lowest BCUT2D eigenvalue weighted by Crippen LogP contribution is -2.65. The molecule has 0 aliphatic carbocycles. The minimum atomic E-state index is -0.352. The zero-order valence-corrected chi connectivity index (χ0v) is 12.4. The highest BCUT2D eigenvalue weighted by Crippen LogP contribution is 2.46. The number of fused-ring (bicyclic) bond motifs is 3. The lowest BCUT2D eigenvalue weighted by atomic mass is 9.64. The van der Waals surface area contributed by atoms with Gasteiger partial charge >= 0.3 is 0 Å². The second-order valence-corrected chi connectivity index (χ2v) is 6.36. The van der Waals surface area contributed by atoms with Gasteiger partial charge in [-0.15, -0.1) is 0 Å². The van der Waals surface area contributed by atoms with Crippen LogP contribution in [0.2, 0.25) is 0 Å². The molecule has 1 aromatic carbocycles. The largest absolute Gasteiger partial charge is 0.492 e. The molecule has 22 heavy (non-hydrogen) atoms. The minimum absolute atomic E-state index is 0. The van der Waals surface area contributed by atoms with Crippen molar-refractivity contribution < 1.29 is 14.9 Å². The lowest BCUT2D eigenvalue weighted by Gasteiger charge is -2.56. The van der Waals surface area contributed by atoms with Crippen LogP contribution in [0, 0.1) is 5.41 Å². The Balaban J connectivity index is 0.00000176. The van der Waals surface area contributed by atoms with Crippen LogP contribution < -0.4 is 4.74 Å². The summed E-state index contributed by atoms with van der Waals surface area (Å²) in [6, 6.07) is 9.86. The topological polar surface area (TPSA) is 52.9 Å². The van der Waals surface area contributed by atoms with Crippen LogP contribution in [0.5, 0.6) is 5.75 Å². The first-order chi connectivity index (χ1) is 10.2. The van der Waals surface area contributed by atoms with Gasteiger partial charge in [-0.1, -0.05) is 18.2 Å². The molecule has 2 N–H and O–H groups in total. The van der Waals surface area contributed by atoms with Crippen LogP contribution in [0.1, 0.15) is 25.7 Å². The number of piperidine rings is 3. The van der Waals surface area contributed by atoms with Crippen molar-refractivity contribution in [3.63, 3.8) is 0 Å². The molecule has 0 radical (unpaired) electrons. The van der Waals surface area contributed by atoms with E-state index in [-0.39, 0.29) is 32.6 Å². The molecule has 3 aliphatic rings. The van der Waals surface area contributed by atoms with Crippen LogP contribution in [-0.2, 0) is 0 Å². The number of nitrogens with zero attached hydrogens (tertiary/aromatic N) is 1. The SMILES string of the molecule is B.OCCCC12CCN(CC1)C(COc1ccccc1)C2O. The molecule has 4 nitrogen and oxygen atoms in total. The third-order valence-electron chi connectivity index (χ3n) is 5.25. The van der Waals surface area contributed by atoms with E-state index < -0.39 is 0 Å². The van der Waals surface area contributed by atoms with Gasteiger partial charge in [-0.3, -0.25) is 4.90 Å². The Hall–Kier alpha value is -1.04. The summed E-state index contributed by atoms with van der Waals surface area (Å²) in [5.74, 6) is 0.858.